The number of nitro groups is 1. The Morgan fingerprint density at radius 2 is 2.24 bits per heavy atom. The highest BCUT2D eigenvalue weighted by Crippen LogP contribution is 2.12. The predicted molar refractivity (Wildman–Crippen MR) is 62.0 cm³/mol. The van der Waals surface area contributed by atoms with Crippen molar-refractivity contribution in [3.63, 3.8) is 0 Å². The van der Waals surface area contributed by atoms with E-state index in [9.17, 15) is 19.8 Å². The van der Waals surface area contributed by atoms with E-state index < -0.39 is 23.0 Å². The monoisotopic (exact) mass is 244 g/mol. The molecule has 0 aliphatic rings. The van der Waals surface area contributed by atoms with Crippen molar-refractivity contribution in [3.8, 4) is 0 Å². The van der Waals surface area contributed by atoms with Gasteiger partial charge in [-0.3, -0.25) is 10.1 Å². The van der Waals surface area contributed by atoms with Gasteiger partial charge in [-0.25, -0.2) is 4.79 Å². The van der Waals surface area contributed by atoms with Crippen LogP contribution in [0, 0.1) is 15.0 Å². The summed E-state index contributed by atoms with van der Waals surface area (Å²) in [6.07, 6.45) is 1.83. The van der Waals surface area contributed by atoms with Gasteiger partial charge in [0.2, 0.25) is 6.04 Å². The molecule has 0 spiro atoms. The summed E-state index contributed by atoms with van der Waals surface area (Å²) in [5, 5.41) is 15.6. The molecule has 0 aromatic carbocycles. The fourth-order valence-corrected chi connectivity index (χ4v) is 1.27. The number of hydrogen-bond acceptors (Lipinski definition) is 5. The maximum absolute atomic E-state index is 10.6. The summed E-state index contributed by atoms with van der Waals surface area (Å²) in [4.78, 5) is 31.1. The van der Waals surface area contributed by atoms with Crippen LogP contribution in [0.25, 0.3) is 0 Å². The Kier molecular flexibility index (Phi) is 6.46. The predicted octanol–water partition coefficient (Wildman–Crippen LogP) is 0.791. The molecular formula is C9H16N4O4. The largest absolute Gasteiger partial charge is 0.352 e. The number of rotatable bonds is 7. The van der Waals surface area contributed by atoms with Crippen molar-refractivity contribution in [1.29, 1.82) is 0 Å². The average Bonchev–Trinajstić information content (AvgIpc) is 2.28. The smallest absolute Gasteiger partial charge is 0.312 e. The van der Waals surface area contributed by atoms with Crippen LogP contribution in [0.5, 0.6) is 0 Å². The Morgan fingerprint density at radius 3 is 2.59 bits per heavy atom. The second-order valence-corrected chi connectivity index (χ2v) is 3.47. The Morgan fingerprint density at radius 1 is 1.65 bits per heavy atom. The molecule has 3 N–H and O–H groups in total. The minimum atomic E-state index is -0.877. The average molecular weight is 244 g/mol. The molecule has 0 aromatic rings. The first-order chi connectivity index (χ1) is 7.92. The van der Waals surface area contributed by atoms with E-state index in [1.807, 2.05) is 0 Å². The molecule has 0 aliphatic carbocycles. The van der Waals surface area contributed by atoms with Gasteiger partial charge in [0, 0.05) is 24.0 Å². The van der Waals surface area contributed by atoms with Gasteiger partial charge in [0.15, 0.2) is 0 Å². The Balaban J connectivity index is 4.70. The fraction of sp³-hybridized carbons (Fsp3) is 0.667. The molecular weight excluding hydrogens is 228 g/mol. The van der Waals surface area contributed by atoms with Gasteiger partial charge in [0.1, 0.15) is 6.04 Å². The quantitative estimate of drug-likeness (QED) is 0.297. The minimum absolute atomic E-state index is 0.0627. The Labute approximate surface area is 98.4 Å². The number of nitrogens with zero attached hydrogens (tertiary/aromatic N) is 2. The van der Waals surface area contributed by atoms with Gasteiger partial charge in [-0.2, -0.15) is 4.91 Å². The summed E-state index contributed by atoms with van der Waals surface area (Å²) >= 11 is 0. The molecule has 2 amide bonds. The van der Waals surface area contributed by atoms with E-state index in [1.165, 1.54) is 13.0 Å². The van der Waals surface area contributed by atoms with Gasteiger partial charge in [-0.15, -0.1) is 0 Å². The summed E-state index contributed by atoms with van der Waals surface area (Å²) in [6, 6.07) is -2.50. The summed E-state index contributed by atoms with van der Waals surface area (Å²) in [7, 11) is 0. The maximum atomic E-state index is 10.6. The van der Waals surface area contributed by atoms with Crippen molar-refractivity contribution in [3.05, 3.63) is 26.7 Å². The molecule has 17 heavy (non-hydrogen) atoms. The third-order valence-corrected chi connectivity index (χ3v) is 2.29. The maximum Gasteiger partial charge on any atom is 0.312 e. The molecule has 0 radical (unpaired) electrons. The SMILES string of the molecule is CCC(=CC(CNC(N)=O)N=O)C(C)[N+](=O)[O-]. The molecule has 8 nitrogen and oxygen atoms in total. The van der Waals surface area contributed by atoms with Gasteiger partial charge in [-0.1, -0.05) is 12.1 Å². The molecule has 96 valence electrons. The minimum Gasteiger partial charge on any atom is -0.352 e. The van der Waals surface area contributed by atoms with Crippen LogP contribution in [0.1, 0.15) is 20.3 Å². The lowest BCUT2D eigenvalue weighted by atomic mass is 10.0. The van der Waals surface area contributed by atoms with Gasteiger partial charge in [-0.05, 0) is 12.5 Å². The number of hydrogen-bond donors (Lipinski definition) is 2. The zero-order valence-corrected chi connectivity index (χ0v) is 9.75. The lowest BCUT2D eigenvalue weighted by molar-refractivity contribution is -0.508. The standard InChI is InChI=1S/C9H16N4O4/c1-3-7(6(2)13(16)17)4-8(12-15)5-11-9(10)14/h4,6,8H,3,5H2,1-2H3,(H3,10,11,14). The number of primary amides is 1. The number of amides is 2. The normalized spacial score (nSPS) is 14.8. The van der Waals surface area contributed by atoms with Crippen LogP contribution in [-0.2, 0) is 0 Å². The van der Waals surface area contributed by atoms with Crippen molar-refractivity contribution >= 4 is 6.03 Å². The van der Waals surface area contributed by atoms with Crippen LogP contribution in [-0.4, -0.2) is 29.6 Å². The van der Waals surface area contributed by atoms with Crippen molar-refractivity contribution in [2.24, 2.45) is 10.9 Å². The van der Waals surface area contributed by atoms with Gasteiger partial charge in [0.05, 0.1) is 0 Å². The fourth-order valence-electron chi connectivity index (χ4n) is 1.27. The molecule has 2 atom stereocenters. The third-order valence-electron chi connectivity index (χ3n) is 2.29. The molecule has 8 heteroatoms. The number of urea groups is 1. The number of nitrogens with two attached hydrogens (primary N) is 1. The molecule has 0 saturated heterocycles. The Bertz CT molecular complexity index is 329. The van der Waals surface area contributed by atoms with E-state index in [4.69, 9.17) is 5.73 Å². The van der Waals surface area contributed by atoms with Crippen LogP contribution in [0.4, 0.5) is 4.79 Å². The molecule has 0 saturated carbocycles. The van der Waals surface area contributed by atoms with E-state index in [1.54, 1.807) is 6.92 Å². The number of nitrogens with one attached hydrogen (secondary N) is 1. The van der Waals surface area contributed by atoms with Gasteiger partial charge in [0.25, 0.3) is 0 Å². The molecule has 0 rings (SSSR count). The zero-order valence-electron chi connectivity index (χ0n) is 9.75. The highest BCUT2D eigenvalue weighted by atomic mass is 16.6. The Hall–Kier alpha value is -1.99. The van der Waals surface area contributed by atoms with E-state index in [2.05, 4.69) is 10.5 Å². The topological polar surface area (TPSA) is 128 Å². The first-order valence-electron chi connectivity index (χ1n) is 5.12. The third kappa shape index (κ3) is 5.59. The van der Waals surface area contributed by atoms with Crippen molar-refractivity contribution < 1.29 is 9.72 Å². The molecule has 0 heterocycles. The number of carbonyl (C=O) groups is 1. The van der Waals surface area contributed by atoms with Crippen molar-refractivity contribution in [2.45, 2.75) is 32.4 Å². The van der Waals surface area contributed by atoms with Crippen LogP contribution in [0.2, 0.25) is 0 Å². The molecule has 0 bridgehead atoms. The molecule has 0 aromatic heterocycles. The van der Waals surface area contributed by atoms with Gasteiger partial charge < -0.3 is 11.1 Å². The molecule has 0 fully saturated rings. The second-order valence-electron chi connectivity index (χ2n) is 3.47. The van der Waals surface area contributed by atoms with Crippen LogP contribution in [0.15, 0.2) is 16.8 Å². The molecule has 2 unspecified atom stereocenters. The number of carbonyl (C=O) groups excluding carboxylic acids is 1. The lowest BCUT2D eigenvalue weighted by Crippen LogP contribution is -2.35. The second kappa shape index (κ2) is 7.31. The molecule has 0 aliphatic heterocycles. The van der Waals surface area contributed by atoms with E-state index >= 15 is 0 Å². The summed E-state index contributed by atoms with van der Waals surface area (Å²) in [5.41, 5.74) is 5.34. The number of nitroso groups, excluding NO2 is 1. The summed E-state index contributed by atoms with van der Waals surface area (Å²) in [5.74, 6) is 0. The summed E-state index contributed by atoms with van der Waals surface area (Å²) in [6.45, 7) is 3.11. The van der Waals surface area contributed by atoms with Crippen molar-refractivity contribution in [2.75, 3.05) is 6.54 Å². The van der Waals surface area contributed by atoms with Gasteiger partial charge >= 0.3 is 6.03 Å². The first-order valence-corrected chi connectivity index (χ1v) is 5.12. The lowest BCUT2D eigenvalue weighted by Gasteiger charge is -2.10. The van der Waals surface area contributed by atoms with E-state index in [0.717, 1.165) is 0 Å². The highest BCUT2D eigenvalue weighted by molar-refractivity contribution is 5.71. The first kappa shape index (κ1) is 15.0. The zero-order chi connectivity index (χ0) is 13.4. The van der Waals surface area contributed by atoms with Crippen LogP contribution in [0.3, 0.4) is 0 Å². The summed E-state index contributed by atoms with van der Waals surface area (Å²) < 4.78 is 0. The van der Waals surface area contributed by atoms with Crippen molar-refractivity contribution in [1.82, 2.24) is 5.32 Å². The van der Waals surface area contributed by atoms with Crippen LogP contribution >= 0.6 is 0 Å². The van der Waals surface area contributed by atoms with E-state index in [0.29, 0.717) is 12.0 Å². The van der Waals surface area contributed by atoms with Crippen LogP contribution < -0.4 is 11.1 Å². The van der Waals surface area contributed by atoms with E-state index in [-0.39, 0.29) is 6.54 Å². The highest BCUT2D eigenvalue weighted by Gasteiger charge is 2.19.